The summed E-state index contributed by atoms with van der Waals surface area (Å²) in [5.74, 6) is -3.23. The maximum atomic E-state index is 14.5. The third-order valence-corrected chi connectivity index (χ3v) is 8.47. The van der Waals surface area contributed by atoms with E-state index in [9.17, 15) is 22.8 Å². The molecule has 3 aromatic carbocycles. The number of amides is 1. The van der Waals surface area contributed by atoms with Crippen LogP contribution in [0.1, 0.15) is 58.1 Å². The molecule has 0 bridgehead atoms. The lowest BCUT2D eigenvalue weighted by Gasteiger charge is -2.21. The molecule has 2 aromatic heterocycles. The van der Waals surface area contributed by atoms with E-state index >= 15 is 0 Å². The first kappa shape index (κ1) is 29.4. The number of aryl methyl sites for hydroxylation is 1. The van der Waals surface area contributed by atoms with Gasteiger partial charge in [-0.2, -0.15) is 0 Å². The van der Waals surface area contributed by atoms with Gasteiger partial charge < -0.3 is 9.88 Å². The number of Topliss-reactive ketones (excluding diaryl/α,β-unsaturated/α-hetero) is 1. The van der Waals surface area contributed by atoms with Gasteiger partial charge in [0.15, 0.2) is 5.78 Å². The highest BCUT2D eigenvalue weighted by Gasteiger charge is 2.26. The molecule has 0 saturated carbocycles. The summed E-state index contributed by atoms with van der Waals surface area (Å²) in [5, 5.41) is 3.63. The number of rotatable bonds is 9. The number of fused-ring (bicyclic) bond motifs is 3. The summed E-state index contributed by atoms with van der Waals surface area (Å²) in [5.41, 5.74) is 5.48. The molecular weight excluding hydrogens is 563 g/mol. The number of nitrogens with zero attached hydrogens (tertiary/aromatic N) is 2. The molecule has 0 aliphatic heterocycles. The summed E-state index contributed by atoms with van der Waals surface area (Å²) in [7, 11) is 1.43. The molecule has 1 N–H and O–H groups in total. The first-order chi connectivity index (χ1) is 21.3. The molecule has 0 radical (unpaired) electrons. The molecule has 0 fully saturated rings. The molecule has 8 heteroatoms. The Labute approximate surface area is 253 Å². The average Bonchev–Trinajstić information content (AvgIpc) is 3.33. The van der Waals surface area contributed by atoms with E-state index < -0.39 is 29.3 Å². The van der Waals surface area contributed by atoms with E-state index in [4.69, 9.17) is 0 Å². The predicted octanol–water partition coefficient (Wildman–Crippen LogP) is 7.34. The fourth-order valence-corrected chi connectivity index (χ4v) is 6.55. The van der Waals surface area contributed by atoms with Crippen LogP contribution in [0.5, 0.6) is 0 Å². The second-order valence-corrected chi connectivity index (χ2v) is 11.4. The van der Waals surface area contributed by atoms with E-state index in [2.05, 4.69) is 20.9 Å². The van der Waals surface area contributed by atoms with Crippen molar-refractivity contribution >= 4 is 22.6 Å². The standard InChI is InChI=1S/C36H32F3N3O2/c1-40-36(44)31-19-23(12-13-32(31)39)28-9-6-14-41-35(28)24(15-22-16-25(37)20-26(38)17-22)18-27(43)21-42-33-10-4-2-7-29(33)30-8-3-5-11-34(30)42/h2,4,6-7,9-10,12-14,16-17,19-20,24H,3,5,8,11,15,18,21H2,1H3,(H,40,44)/t24-/m1/s1. The molecule has 0 saturated heterocycles. The number of aromatic nitrogens is 2. The summed E-state index contributed by atoms with van der Waals surface area (Å²) in [6.45, 7) is 0.170. The van der Waals surface area contributed by atoms with Crippen molar-refractivity contribution in [2.45, 2.75) is 51.0 Å². The Bertz CT molecular complexity index is 1860. The minimum absolute atomic E-state index is 0.0391. The van der Waals surface area contributed by atoms with Crippen molar-refractivity contribution in [2.75, 3.05) is 7.05 Å². The number of para-hydroxylation sites is 1. The highest BCUT2D eigenvalue weighted by atomic mass is 19.1. The maximum Gasteiger partial charge on any atom is 0.254 e. The normalized spacial score (nSPS) is 13.5. The Morgan fingerprint density at radius 2 is 1.70 bits per heavy atom. The lowest BCUT2D eigenvalue weighted by Crippen LogP contribution is -2.20. The second-order valence-electron chi connectivity index (χ2n) is 11.4. The van der Waals surface area contributed by atoms with Gasteiger partial charge in [0, 0.05) is 53.8 Å². The van der Waals surface area contributed by atoms with E-state index in [0.717, 1.165) is 37.3 Å². The van der Waals surface area contributed by atoms with Gasteiger partial charge in [-0.05, 0) is 85.2 Å². The third-order valence-electron chi connectivity index (χ3n) is 8.47. The number of carbonyl (C=O) groups is 2. The van der Waals surface area contributed by atoms with E-state index in [1.807, 2.05) is 18.2 Å². The van der Waals surface area contributed by atoms with Crippen LogP contribution in [0.15, 0.2) is 79.0 Å². The Hall–Kier alpha value is -4.72. The summed E-state index contributed by atoms with van der Waals surface area (Å²) >= 11 is 0. The summed E-state index contributed by atoms with van der Waals surface area (Å²) in [6.07, 6.45) is 5.89. The number of hydrogen-bond acceptors (Lipinski definition) is 3. The number of halogens is 3. The van der Waals surface area contributed by atoms with Gasteiger partial charge in [0.2, 0.25) is 0 Å². The Morgan fingerprint density at radius 1 is 0.932 bits per heavy atom. The van der Waals surface area contributed by atoms with E-state index in [1.165, 1.54) is 48.0 Å². The molecule has 5 nitrogen and oxygen atoms in total. The summed E-state index contributed by atoms with van der Waals surface area (Å²) in [4.78, 5) is 30.9. The predicted molar refractivity (Wildman–Crippen MR) is 164 cm³/mol. The van der Waals surface area contributed by atoms with Crippen molar-refractivity contribution < 1.29 is 22.8 Å². The molecule has 44 heavy (non-hydrogen) atoms. The number of hydrogen-bond donors (Lipinski definition) is 1. The topological polar surface area (TPSA) is 64.0 Å². The molecule has 1 aliphatic rings. The van der Waals surface area contributed by atoms with Crippen molar-refractivity contribution in [3.8, 4) is 11.1 Å². The van der Waals surface area contributed by atoms with Crippen molar-refractivity contribution in [1.29, 1.82) is 0 Å². The highest BCUT2D eigenvalue weighted by Crippen LogP contribution is 2.35. The zero-order valence-corrected chi connectivity index (χ0v) is 24.4. The molecule has 6 rings (SSSR count). The van der Waals surface area contributed by atoms with Gasteiger partial charge in [-0.1, -0.05) is 30.3 Å². The van der Waals surface area contributed by atoms with Gasteiger partial charge in [0.25, 0.3) is 5.91 Å². The summed E-state index contributed by atoms with van der Waals surface area (Å²) < 4.78 is 45.1. The zero-order valence-electron chi connectivity index (χ0n) is 24.4. The molecule has 0 unspecified atom stereocenters. The van der Waals surface area contributed by atoms with Crippen molar-refractivity contribution in [2.24, 2.45) is 0 Å². The zero-order chi connectivity index (χ0) is 30.8. The Kier molecular flexibility index (Phi) is 8.33. The molecule has 224 valence electrons. The van der Waals surface area contributed by atoms with E-state index in [1.54, 1.807) is 24.4 Å². The smallest absolute Gasteiger partial charge is 0.254 e. The number of benzene rings is 3. The number of ketones is 1. The number of carbonyl (C=O) groups excluding carboxylic acids is 2. The van der Waals surface area contributed by atoms with Crippen LogP contribution in [0.25, 0.3) is 22.0 Å². The van der Waals surface area contributed by atoms with E-state index in [-0.39, 0.29) is 30.7 Å². The minimum atomic E-state index is -0.703. The summed E-state index contributed by atoms with van der Waals surface area (Å²) in [6, 6.07) is 19.2. The third kappa shape index (κ3) is 5.89. The molecule has 1 atom stereocenters. The lowest BCUT2D eigenvalue weighted by molar-refractivity contribution is -0.120. The highest BCUT2D eigenvalue weighted by molar-refractivity contribution is 5.95. The van der Waals surface area contributed by atoms with Gasteiger partial charge in [-0.15, -0.1) is 0 Å². The Morgan fingerprint density at radius 3 is 2.50 bits per heavy atom. The van der Waals surface area contributed by atoms with Crippen LogP contribution in [-0.4, -0.2) is 28.3 Å². The van der Waals surface area contributed by atoms with Crippen LogP contribution in [0.2, 0.25) is 0 Å². The molecule has 1 aliphatic carbocycles. The first-order valence-electron chi connectivity index (χ1n) is 14.8. The van der Waals surface area contributed by atoms with Crippen LogP contribution in [0.4, 0.5) is 13.2 Å². The van der Waals surface area contributed by atoms with Crippen LogP contribution in [0, 0.1) is 17.5 Å². The molecule has 0 spiro atoms. The van der Waals surface area contributed by atoms with Gasteiger partial charge in [-0.3, -0.25) is 14.6 Å². The van der Waals surface area contributed by atoms with Crippen molar-refractivity contribution in [3.05, 3.63) is 125 Å². The lowest BCUT2D eigenvalue weighted by atomic mass is 9.86. The van der Waals surface area contributed by atoms with Crippen LogP contribution >= 0.6 is 0 Å². The fraction of sp³-hybridized carbons (Fsp3) is 0.250. The second kappa shape index (κ2) is 12.5. The van der Waals surface area contributed by atoms with Crippen molar-refractivity contribution in [1.82, 2.24) is 14.9 Å². The minimum Gasteiger partial charge on any atom is -0.355 e. The Balaban J connectivity index is 1.39. The largest absolute Gasteiger partial charge is 0.355 e. The monoisotopic (exact) mass is 595 g/mol. The van der Waals surface area contributed by atoms with Gasteiger partial charge >= 0.3 is 0 Å². The van der Waals surface area contributed by atoms with Gasteiger partial charge in [-0.25, -0.2) is 13.2 Å². The fourth-order valence-electron chi connectivity index (χ4n) is 6.55. The van der Waals surface area contributed by atoms with Gasteiger partial charge in [0.05, 0.1) is 17.8 Å². The van der Waals surface area contributed by atoms with Crippen LogP contribution < -0.4 is 5.32 Å². The number of pyridine rings is 1. The SMILES string of the molecule is CNC(=O)c1cc(-c2cccnc2[C@@H](CC(=O)Cn2c3c(c4ccccc42)CCCC3)Cc2cc(F)cc(F)c2)ccc1F. The van der Waals surface area contributed by atoms with Crippen LogP contribution in [0.3, 0.4) is 0 Å². The van der Waals surface area contributed by atoms with Crippen LogP contribution in [-0.2, 0) is 30.6 Å². The average molecular weight is 596 g/mol. The molecular formula is C36H32F3N3O2. The van der Waals surface area contributed by atoms with Gasteiger partial charge in [0.1, 0.15) is 17.5 Å². The molecule has 2 heterocycles. The molecule has 5 aromatic rings. The van der Waals surface area contributed by atoms with E-state index in [0.29, 0.717) is 22.4 Å². The maximum absolute atomic E-state index is 14.5. The van der Waals surface area contributed by atoms with Crippen molar-refractivity contribution in [3.63, 3.8) is 0 Å². The first-order valence-corrected chi connectivity index (χ1v) is 14.8. The number of nitrogens with one attached hydrogen (secondary N) is 1. The quantitative estimate of drug-likeness (QED) is 0.194. The molecule has 1 amide bonds.